The van der Waals surface area contributed by atoms with Gasteiger partial charge < -0.3 is 5.11 Å². The standard InChI is InChI=1S/C14H11N3O3/c1-8-4-2-3-5-9(8)11-6-12(18)17-13(16-11)10(7-15-17)14(19)20/h2-7,15H,1H3,(H,19,20). The Bertz CT molecular complexity index is 877. The molecule has 0 atom stereocenters. The third kappa shape index (κ3) is 1.78. The molecule has 0 aliphatic carbocycles. The van der Waals surface area contributed by atoms with Crippen LogP contribution in [-0.4, -0.2) is 25.7 Å². The van der Waals surface area contributed by atoms with Crippen LogP contribution in [0.3, 0.4) is 0 Å². The van der Waals surface area contributed by atoms with Gasteiger partial charge >= 0.3 is 5.97 Å². The number of aromatic amines is 1. The molecule has 0 fully saturated rings. The van der Waals surface area contributed by atoms with Crippen LogP contribution in [0.4, 0.5) is 0 Å². The molecule has 1 aromatic carbocycles. The van der Waals surface area contributed by atoms with E-state index in [1.165, 1.54) is 12.3 Å². The minimum atomic E-state index is -1.13. The molecule has 100 valence electrons. The van der Waals surface area contributed by atoms with Gasteiger partial charge in [0.15, 0.2) is 5.65 Å². The monoisotopic (exact) mass is 269 g/mol. The van der Waals surface area contributed by atoms with E-state index in [9.17, 15) is 9.59 Å². The molecule has 3 rings (SSSR count). The van der Waals surface area contributed by atoms with E-state index < -0.39 is 5.97 Å². The molecular weight excluding hydrogens is 258 g/mol. The predicted molar refractivity (Wildman–Crippen MR) is 72.9 cm³/mol. The number of fused-ring (bicyclic) bond motifs is 1. The first kappa shape index (κ1) is 12.2. The lowest BCUT2D eigenvalue weighted by molar-refractivity contribution is 0.0699. The normalized spacial score (nSPS) is 10.8. The summed E-state index contributed by atoms with van der Waals surface area (Å²) in [4.78, 5) is 27.4. The lowest BCUT2D eigenvalue weighted by atomic mass is 10.1. The van der Waals surface area contributed by atoms with Crippen molar-refractivity contribution in [1.29, 1.82) is 0 Å². The van der Waals surface area contributed by atoms with Crippen molar-refractivity contribution in [3.8, 4) is 11.3 Å². The number of nitrogens with zero attached hydrogens (tertiary/aromatic N) is 2. The molecule has 0 aliphatic rings. The van der Waals surface area contributed by atoms with Crippen LogP contribution in [0.25, 0.3) is 16.9 Å². The molecule has 0 bridgehead atoms. The van der Waals surface area contributed by atoms with Gasteiger partial charge in [-0.2, -0.15) is 0 Å². The van der Waals surface area contributed by atoms with E-state index in [4.69, 9.17) is 5.11 Å². The fraction of sp³-hybridized carbons (Fsp3) is 0.0714. The molecule has 0 saturated heterocycles. The molecule has 2 aromatic heterocycles. The van der Waals surface area contributed by atoms with Crippen LogP contribution in [0.5, 0.6) is 0 Å². The fourth-order valence-electron chi connectivity index (χ4n) is 2.14. The van der Waals surface area contributed by atoms with E-state index in [-0.39, 0.29) is 16.8 Å². The Morgan fingerprint density at radius 2 is 2.10 bits per heavy atom. The summed E-state index contributed by atoms with van der Waals surface area (Å²) in [6.07, 6.45) is 1.26. The Labute approximate surface area is 113 Å². The van der Waals surface area contributed by atoms with Gasteiger partial charge in [-0.1, -0.05) is 24.3 Å². The molecule has 6 nitrogen and oxygen atoms in total. The topological polar surface area (TPSA) is 87.5 Å². The van der Waals surface area contributed by atoms with E-state index in [0.717, 1.165) is 15.6 Å². The number of hydrogen-bond acceptors (Lipinski definition) is 3. The highest BCUT2D eigenvalue weighted by molar-refractivity contribution is 5.94. The third-order valence-corrected chi connectivity index (χ3v) is 3.15. The second-order valence-electron chi connectivity index (χ2n) is 4.45. The van der Waals surface area contributed by atoms with Gasteiger partial charge in [-0.25, -0.2) is 14.3 Å². The molecule has 0 unspecified atom stereocenters. The number of carbonyl (C=O) groups is 1. The average molecular weight is 269 g/mol. The lowest BCUT2D eigenvalue weighted by Gasteiger charge is -2.05. The number of rotatable bonds is 2. The van der Waals surface area contributed by atoms with Crippen molar-refractivity contribution in [2.45, 2.75) is 6.92 Å². The number of aromatic nitrogens is 3. The predicted octanol–water partition coefficient (Wildman–Crippen LogP) is 1.70. The van der Waals surface area contributed by atoms with Crippen molar-refractivity contribution in [3.63, 3.8) is 0 Å². The second kappa shape index (κ2) is 4.34. The van der Waals surface area contributed by atoms with Gasteiger partial charge in [-0.15, -0.1) is 0 Å². The molecule has 0 radical (unpaired) electrons. The Morgan fingerprint density at radius 3 is 2.80 bits per heavy atom. The van der Waals surface area contributed by atoms with Crippen molar-refractivity contribution >= 4 is 11.6 Å². The van der Waals surface area contributed by atoms with Crippen molar-refractivity contribution in [2.75, 3.05) is 0 Å². The highest BCUT2D eigenvalue weighted by Crippen LogP contribution is 2.21. The SMILES string of the molecule is Cc1ccccc1-c1cc(=O)n2[nH]cc(C(=O)O)c2n1. The van der Waals surface area contributed by atoms with E-state index in [1.54, 1.807) is 0 Å². The quantitative estimate of drug-likeness (QED) is 0.741. The lowest BCUT2D eigenvalue weighted by Crippen LogP contribution is -2.15. The van der Waals surface area contributed by atoms with E-state index >= 15 is 0 Å². The Balaban J connectivity index is 2.34. The van der Waals surface area contributed by atoms with Crippen LogP contribution in [0.15, 0.2) is 41.3 Å². The summed E-state index contributed by atoms with van der Waals surface area (Å²) in [6, 6.07) is 8.89. The van der Waals surface area contributed by atoms with Crippen molar-refractivity contribution < 1.29 is 9.90 Å². The molecule has 0 saturated carbocycles. The van der Waals surface area contributed by atoms with E-state index in [2.05, 4.69) is 10.1 Å². The molecule has 20 heavy (non-hydrogen) atoms. The molecular formula is C14H11N3O3. The number of carboxylic acid groups (broad SMARTS) is 1. The first-order valence-electron chi connectivity index (χ1n) is 5.98. The first-order valence-corrected chi connectivity index (χ1v) is 5.98. The number of hydrogen-bond donors (Lipinski definition) is 2. The average Bonchev–Trinajstić information content (AvgIpc) is 2.83. The number of aryl methyl sites for hydroxylation is 1. The van der Waals surface area contributed by atoms with Crippen molar-refractivity contribution in [3.05, 3.63) is 58.0 Å². The Hall–Kier alpha value is -2.89. The summed E-state index contributed by atoms with van der Waals surface area (Å²) in [7, 11) is 0. The summed E-state index contributed by atoms with van der Waals surface area (Å²) in [5, 5.41) is 11.7. The van der Waals surface area contributed by atoms with Crippen LogP contribution >= 0.6 is 0 Å². The van der Waals surface area contributed by atoms with Crippen LogP contribution in [-0.2, 0) is 0 Å². The van der Waals surface area contributed by atoms with Gasteiger partial charge in [-0.3, -0.25) is 9.89 Å². The number of benzene rings is 1. The summed E-state index contributed by atoms with van der Waals surface area (Å²) in [6.45, 7) is 1.91. The molecule has 0 aliphatic heterocycles. The Morgan fingerprint density at radius 1 is 1.35 bits per heavy atom. The molecule has 2 heterocycles. The van der Waals surface area contributed by atoms with E-state index in [0.29, 0.717) is 5.69 Å². The summed E-state index contributed by atoms with van der Waals surface area (Å²) < 4.78 is 1.12. The molecule has 0 amide bonds. The smallest absolute Gasteiger partial charge is 0.341 e. The highest BCUT2D eigenvalue weighted by Gasteiger charge is 2.15. The first-order chi connectivity index (χ1) is 9.58. The van der Waals surface area contributed by atoms with Crippen LogP contribution in [0, 0.1) is 6.92 Å². The van der Waals surface area contributed by atoms with Crippen molar-refractivity contribution in [1.82, 2.24) is 14.6 Å². The maximum Gasteiger partial charge on any atom is 0.341 e. The van der Waals surface area contributed by atoms with Crippen LogP contribution in [0.1, 0.15) is 15.9 Å². The minimum absolute atomic E-state index is 0.0301. The molecule has 2 N–H and O–H groups in total. The number of carboxylic acids is 1. The number of H-pyrrole nitrogens is 1. The fourth-order valence-corrected chi connectivity index (χ4v) is 2.14. The summed E-state index contributed by atoms with van der Waals surface area (Å²) >= 11 is 0. The van der Waals surface area contributed by atoms with Gasteiger partial charge in [0.1, 0.15) is 5.56 Å². The highest BCUT2D eigenvalue weighted by atomic mass is 16.4. The van der Waals surface area contributed by atoms with Crippen molar-refractivity contribution in [2.24, 2.45) is 0 Å². The molecule has 0 spiro atoms. The summed E-state index contributed by atoms with van der Waals surface area (Å²) in [5.41, 5.74) is 1.98. The summed E-state index contributed by atoms with van der Waals surface area (Å²) in [5.74, 6) is -1.13. The largest absolute Gasteiger partial charge is 0.477 e. The number of aromatic carboxylic acids is 1. The van der Waals surface area contributed by atoms with Gasteiger partial charge in [0, 0.05) is 17.8 Å². The zero-order valence-corrected chi connectivity index (χ0v) is 10.6. The van der Waals surface area contributed by atoms with Crippen LogP contribution in [0.2, 0.25) is 0 Å². The molecule has 6 heteroatoms. The maximum atomic E-state index is 12.0. The second-order valence-corrected chi connectivity index (χ2v) is 4.45. The molecule has 3 aromatic rings. The van der Waals surface area contributed by atoms with E-state index in [1.807, 2.05) is 31.2 Å². The maximum absolute atomic E-state index is 12.0. The van der Waals surface area contributed by atoms with Gasteiger partial charge in [0.05, 0.1) is 5.69 Å². The minimum Gasteiger partial charge on any atom is -0.477 e. The Kier molecular flexibility index (Phi) is 2.64. The zero-order chi connectivity index (χ0) is 14.3. The van der Waals surface area contributed by atoms with Gasteiger partial charge in [0.2, 0.25) is 0 Å². The van der Waals surface area contributed by atoms with Gasteiger partial charge in [0.25, 0.3) is 5.56 Å². The number of nitrogens with one attached hydrogen (secondary N) is 1. The van der Waals surface area contributed by atoms with Crippen LogP contribution < -0.4 is 5.56 Å². The third-order valence-electron chi connectivity index (χ3n) is 3.15. The van der Waals surface area contributed by atoms with Gasteiger partial charge in [-0.05, 0) is 12.5 Å². The zero-order valence-electron chi connectivity index (χ0n) is 10.6.